The molecule has 8 heteroatoms. The molecule has 0 aliphatic heterocycles. The second-order valence-electron chi connectivity index (χ2n) is 6.64. The van der Waals surface area contributed by atoms with E-state index < -0.39 is 15.6 Å². The predicted octanol–water partition coefficient (Wildman–Crippen LogP) is 0.930. The van der Waals surface area contributed by atoms with Gasteiger partial charge in [-0.3, -0.25) is 4.99 Å². The maximum atomic E-state index is 11.3. The highest BCUT2D eigenvalue weighted by atomic mass is 32.2. The molecule has 0 saturated heterocycles. The first-order valence-corrected chi connectivity index (χ1v) is 9.95. The van der Waals surface area contributed by atoms with Crippen LogP contribution < -0.4 is 15.4 Å². The van der Waals surface area contributed by atoms with Crippen molar-refractivity contribution in [2.45, 2.75) is 52.7 Å². The molecule has 23 heavy (non-hydrogen) atoms. The van der Waals surface area contributed by atoms with Crippen LogP contribution in [-0.4, -0.2) is 59.0 Å². The Labute approximate surface area is 141 Å². The van der Waals surface area contributed by atoms with E-state index in [-0.39, 0.29) is 6.10 Å². The van der Waals surface area contributed by atoms with Crippen molar-refractivity contribution in [3.05, 3.63) is 0 Å². The normalized spacial score (nSPS) is 14.9. The molecule has 0 aromatic heterocycles. The second kappa shape index (κ2) is 10.1. The summed E-state index contributed by atoms with van der Waals surface area (Å²) in [5.74, 6) is 1.11. The van der Waals surface area contributed by atoms with Crippen molar-refractivity contribution < 1.29 is 13.2 Å². The van der Waals surface area contributed by atoms with Crippen molar-refractivity contribution in [3.63, 3.8) is 0 Å². The van der Waals surface area contributed by atoms with Gasteiger partial charge in [0.2, 0.25) is 10.0 Å². The molecule has 0 aromatic carbocycles. The third-order valence-electron chi connectivity index (χ3n) is 3.23. The van der Waals surface area contributed by atoms with Crippen molar-refractivity contribution in [2.75, 3.05) is 33.0 Å². The Morgan fingerprint density at radius 1 is 1.26 bits per heavy atom. The molecule has 0 aromatic rings. The van der Waals surface area contributed by atoms with Gasteiger partial charge in [-0.25, -0.2) is 13.1 Å². The first-order valence-electron chi connectivity index (χ1n) is 8.05. The quantitative estimate of drug-likeness (QED) is 0.403. The molecule has 7 nitrogen and oxygen atoms in total. The Bertz CT molecular complexity index is 461. The summed E-state index contributed by atoms with van der Waals surface area (Å²) in [5.41, 5.74) is -0.600. The topological polar surface area (TPSA) is 91.8 Å². The molecule has 0 saturated carbocycles. The van der Waals surface area contributed by atoms with Crippen LogP contribution in [0.4, 0.5) is 0 Å². The van der Waals surface area contributed by atoms with E-state index in [1.165, 1.54) is 0 Å². The lowest BCUT2D eigenvalue weighted by atomic mass is 10.0. The molecule has 0 aliphatic carbocycles. The molecular weight excluding hydrogens is 316 g/mol. The second-order valence-corrected chi connectivity index (χ2v) is 8.39. The van der Waals surface area contributed by atoms with E-state index in [4.69, 9.17) is 4.74 Å². The average Bonchev–Trinajstić information content (AvgIpc) is 2.38. The minimum atomic E-state index is -3.25. The molecule has 0 heterocycles. The van der Waals surface area contributed by atoms with E-state index in [0.29, 0.717) is 25.0 Å². The fraction of sp³-hybridized carbons (Fsp3) is 0.933. The minimum Gasteiger partial charge on any atom is -0.378 e. The molecule has 0 aliphatic rings. The van der Waals surface area contributed by atoms with Crippen molar-refractivity contribution in [1.82, 2.24) is 15.4 Å². The van der Waals surface area contributed by atoms with Gasteiger partial charge in [-0.05, 0) is 33.1 Å². The number of hydrogen-bond acceptors (Lipinski definition) is 4. The summed E-state index contributed by atoms with van der Waals surface area (Å²) in [4.78, 5) is 4.15. The highest BCUT2D eigenvalue weighted by molar-refractivity contribution is 7.88. The van der Waals surface area contributed by atoms with Crippen LogP contribution in [0.3, 0.4) is 0 Å². The molecule has 1 unspecified atom stereocenters. The largest absolute Gasteiger partial charge is 0.378 e. The zero-order valence-corrected chi connectivity index (χ0v) is 16.4. The molecule has 0 radical (unpaired) electrons. The SMILES string of the molecule is CCOC(CCNC(=NC)NCC(C)(C)NS(C)(=O)=O)C(C)C. The van der Waals surface area contributed by atoms with Gasteiger partial charge >= 0.3 is 0 Å². The Morgan fingerprint density at radius 2 is 1.87 bits per heavy atom. The minimum absolute atomic E-state index is 0.217. The van der Waals surface area contributed by atoms with Crippen LogP contribution in [0.15, 0.2) is 4.99 Å². The molecule has 0 spiro atoms. The standard InChI is InChI=1S/C15H34N4O3S/c1-8-22-13(12(2)3)9-10-17-14(16-6)18-11-15(4,5)19-23(7,20)21/h12-13,19H,8-11H2,1-7H3,(H2,16,17,18). The third kappa shape index (κ3) is 11.3. The third-order valence-corrected chi connectivity index (χ3v) is 4.15. The maximum absolute atomic E-state index is 11.3. The summed E-state index contributed by atoms with van der Waals surface area (Å²) in [5, 5.41) is 6.37. The van der Waals surface area contributed by atoms with Crippen LogP contribution in [0.5, 0.6) is 0 Å². The molecule has 1 atom stereocenters. The summed E-state index contributed by atoms with van der Waals surface area (Å²) in [6, 6.07) is 0. The Hall–Kier alpha value is -0.860. The zero-order valence-electron chi connectivity index (χ0n) is 15.6. The molecule has 138 valence electrons. The molecular formula is C15H34N4O3S. The van der Waals surface area contributed by atoms with Crippen molar-refractivity contribution >= 4 is 16.0 Å². The van der Waals surface area contributed by atoms with Crippen LogP contribution in [0, 0.1) is 5.92 Å². The molecule has 0 rings (SSSR count). The van der Waals surface area contributed by atoms with E-state index in [2.05, 4.69) is 34.2 Å². The Morgan fingerprint density at radius 3 is 2.30 bits per heavy atom. The van der Waals surface area contributed by atoms with E-state index >= 15 is 0 Å². The van der Waals surface area contributed by atoms with E-state index in [1.54, 1.807) is 7.05 Å². The fourth-order valence-electron chi connectivity index (χ4n) is 2.22. The number of nitrogens with zero attached hydrogens (tertiary/aromatic N) is 1. The summed E-state index contributed by atoms with van der Waals surface area (Å²) in [7, 11) is -1.56. The summed E-state index contributed by atoms with van der Waals surface area (Å²) in [6.07, 6.45) is 2.26. The first kappa shape index (κ1) is 22.1. The van der Waals surface area contributed by atoms with Crippen LogP contribution >= 0.6 is 0 Å². The number of ether oxygens (including phenoxy) is 1. The van der Waals surface area contributed by atoms with E-state index in [0.717, 1.165) is 19.2 Å². The lowest BCUT2D eigenvalue weighted by Crippen LogP contribution is -2.53. The highest BCUT2D eigenvalue weighted by Gasteiger charge is 2.22. The van der Waals surface area contributed by atoms with E-state index in [1.807, 2.05) is 20.8 Å². The van der Waals surface area contributed by atoms with Gasteiger partial charge in [0.15, 0.2) is 5.96 Å². The molecule has 3 N–H and O–H groups in total. The molecule has 0 amide bonds. The Balaban J connectivity index is 4.32. The zero-order chi connectivity index (χ0) is 18.1. The number of aliphatic imine (C=N–C) groups is 1. The van der Waals surface area contributed by atoms with Gasteiger partial charge in [0, 0.05) is 32.3 Å². The Kier molecular flexibility index (Phi) is 9.72. The molecule has 0 fully saturated rings. The predicted molar refractivity (Wildman–Crippen MR) is 96.3 cm³/mol. The van der Waals surface area contributed by atoms with Crippen molar-refractivity contribution in [2.24, 2.45) is 10.9 Å². The fourth-order valence-corrected chi connectivity index (χ4v) is 3.30. The van der Waals surface area contributed by atoms with Gasteiger partial charge in [-0.1, -0.05) is 13.8 Å². The average molecular weight is 351 g/mol. The number of rotatable bonds is 10. The number of nitrogens with one attached hydrogen (secondary N) is 3. The van der Waals surface area contributed by atoms with Crippen LogP contribution in [0.2, 0.25) is 0 Å². The number of hydrogen-bond donors (Lipinski definition) is 3. The van der Waals surface area contributed by atoms with Crippen LogP contribution in [0.1, 0.15) is 41.0 Å². The monoisotopic (exact) mass is 350 g/mol. The lowest BCUT2D eigenvalue weighted by Gasteiger charge is -2.26. The van der Waals surface area contributed by atoms with Gasteiger partial charge in [-0.15, -0.1) is 0 Å². The van der Waals surface area contributed by atoms with Crippen molar-refractivity contribution in [1.29, 1.82) is 0 Å². The van der Waals surface area contributed by atoms with Crippen LogP contribution in [0.25, 0.3) is 0 Å². The van der Waals surface area contributed by atoms with E-state index in [9.17, 15) is 8.42 Å². The summed E-state index contributed by atoms with van der Waals surface area (Å²) in [6.45, 7) is 11.8. The smallest absolute Gasteiger partial charge is 0.209 e. The lowest BCUT2D eigenvalue weighted by molar-refractivity contribution is 0.0258. The summed E-state index contributed by atoms with van der Waals surface area (Å²) < 4.78 is 31.0. The van der Waals surface area contributed by atoms with Crippen LogP contribution in [-0.2, 0) is 14.8 Å². The molecule has 0 bridgehead atoms. The van der Waals surface area contributed by atoms with Gasteiger partial charge < -0.3 is 15.4 Å². The first-order chi connectivity index (χ1) is 10.5. The number of sulfonamides is 1. The summed E-state index contributed by atoms with van der Waals surface area (Å²) >= 11 is 0. The van der Waals surface area contributed by atoms with Gasteiger partial charge in [0.25, 0.3) is 0 Å². The highest BCUT2D eigenvalue weighted by Crippen LogP contribution is 2.09. The van der Waals surface area contributed by atoms with Gasteiger partial charge in [0.1, 0.15) is 0 Å². The number of guanidine groups is 1. The maximum Gasteiger partial charge on any atom is 0.209 e. The van der Waals surface area contributed by atoms with Gasteiger partial charge in [-0.2, -0.15) is 0 Å². The van der Waals surface area contributed by atoms with Crippen molar-refractivity contribution in [3.8, 4) is 0 Å². The van der Waals surface area contributed by atoms with Gasteiger partial charge in [0.05, 0.1) is 12.4 Å².